The normalized spacial score (nSPS) is 28.3. The Morgan fingerprint density at radius 2 is 1.49 bits per heavy atom. The summed E-state index contributed by atoms with van der Waals surface area (Å²) >= 11 is 0. The monoisotopic (exact) mass is 520 g/mol. The molecule has 0 saturated heterocycles. The lowest BCUT2D eigenvalue weighted by Gasteiger charge is -2.51. The number of benzene rings is 2. The molecule has 2 aromatic carbocycles. The lowest BCUT2D eigenvalue weighted by Crippen LogP contribution is -2.58. The number of fused-ring (bicyclic) bond motifs is 2. The maximum Gasteiger partial charge on any atom is 0.291 e. The predicted molar refractivity (Wildman–Crippen MR) is 137 cm³/mol. The second kappa shape index (κ2) is 10.3. The number of methoxy groups -OCH3 is 2. The number of sulfonamides is 1. The third-order valence-corrected chi connectivity index (χ3v) is 11.3. The van der Waals surface area contributed by atoms with Gasteiger partial charge in [-0.05, 0) is 82.1 Å². The predicted octanol–water partition coefficient (Wildman–Crippen LogP) is 4.63. The van der Waals surface area contributed by atoms with Gasteiger partial charge in [-0.15, -0.1) is 0 Å². The summed E-state index contributed by atoms with van der Waals surface area (Å²) in [7, 11) is -4.33. The van der Waals surface area contributed by atoms with E-state index in [9.17, 15) is 12.6 Å². The molecule has 192 valence electrons. The fourth-order valence-corrected chi connectivity index (χ4v) is 9.64. The van der Waals surface area contributed by atoms with Crippen molar-refractivity contribution in [3.63, 3.8) is 0 Å². The van der Waals surface area contributed by atoms with Gasteiger partial charge >= 0.3 is 0 Å². The fraction of sp³-hybridized carbons (Fsp3) is 0.538. The molecule has 0 spiro atoms. The highest BCUT2D eigenvalue weighted by atomic mass is 32.3. The Morgan fingerprint density at radius 1 is 0.886 bits per heavy atom. The zero-order chi connectivity index (χ0) is 25.3. The Hall–Kier alpha value is -1.78. The second-order valence-electron chi connectivity index (χ2n) is 10.2. The van der Waals surface area contributed by atoms with Crippen LogP contribution in [0.2, 0.25) is 0 Å². The van der Waals surface area contributed by atoms with E-state index in [-0.39, 0.29) is 11.0 Å². The van der Waals surface area contributed by atoms with Crippen LogP contribution in [0.15, 0.2) is 62.1 Å². The molecule has 7 nitrogen and oxygen atoms in total. The molecular formula is C26H36N2O5S2. The third kappa shape index (κ3) is 5.97. The fourth-order valence-electron chi connectivity index (χ4n) is 5.76. The van der Waals surface area contributed by atoms with Gasteiger partial charge in [0.2, 0.25) is 0 Å². The number of hydrogen-bond donors (Lipinski definition) is 1. The van der Waals surface area contributed by atoms with E-state index in [2.05, 4.69) is 8.49 Å². The molecular weight excluding hydrogens is 484 g/mol. The van der Waals surface area contributed by atoms with Crippen LogP contribution in [0.25, 0.3) is 0 Å². The van der Waals surface area contributed by atoms with Gasteiger partial charge in [-0.2, -0.15) is 8.42 Å². The Bertz CT molecular complexity index is 1250. The summed E-state index contributed by atoms with van der Waals surface area (Å²) in [5.74, 6) is 0.671. The number of aryl methyl sites for hydroxylation is 2. The van der Waals surface area contributed by atoms with Gasteiger partial charge in [-0.3, -0.25) is 0 Å². The van der Waals surface area contributed by atoms with Crippen LogP contribution in [0.4, 0.5) is 0 Å². The summed E-state index contributed by atoms with van der Waals surface area (Å²) in [6.07, 6.45) is 4.13. The number of nitrogens with zero attached hydrogens (tertiary/aromatic N) is 1. The molecule has 2 saturated carbocycles. The molecule has 2 aliphatic carbocycles. The van der Waals surface area contributed by atoms with E-state index >= 15 is 0 Å². The highest BCUT2D eigenvalue weighted by molar-refractivity contribution is 8.02. The highest BCUT2D eigenvalue weighted by Crippen LogP contribution is 2.47. The van der Waals surface area contributed by atoms with E-state index in [0.717, 1.165) is 36.8 Å². The lowest BCUT2D eigenvalue weighted by molar-refractivity contribution is -0.0311. The Balaban J connectivity index is 1.82. The molecule has 5 atom stereocenters. The van der Waals surface area contributed by atoms with E-state index in [0.29, 0.717) is 29.8 Å². The number of rotatable bonds is 8. The molecule has 0 aromatic heterocycles. The molecule has 0 heterocycles. The minimum absolute atomic E-state index is 0.0140. The summed E-state index contributed by atoms with van der Waals surface area (Å²) in [6.45, 7) is 4.43. The number of nitrogens with one attached hydrogen (secondary N) is 1. The van der Waals surface area contributed by atoms with Gasteiger partial charge < -0.3 is 9.47 Å². The maximum atomic E-state index is 14.6. The molecule has 2 aromatic rings. The first-order chi connectivity index (χ1) is 16.6. The molecule has 2 bridgehead atoms. The first-order valence-electron chi connectivity index (χ1n) is 12.0. The van der Waals surface area contributed by atoms with Crippen LogP contribution in [-0.2, 0) is 29.4 Å². The average Bonchev–Trinajstić information content (AvgIpc) is 2.78. The van der Waals surface area contributed by atoms with Gasteiger partial charge in [-0.1, -0.05) is 39.2 Å². The standard InChI is InChI=1S/C26H36N2O5S2/c1-19-5-9-24(10-6-19)34(29,28-35(30,31)25-11-7-20(2)8-12-25)27-26-15-21(14-23(17-26)33-4)13-22(16-26)18-32-3/h5-12,21-23H,13-18H2,1-4H3,(H,27,28,29)/t21-,22-,23+,26-,34?/m1/s1. The number of hydrogen-bond acceptors (Lipinski definition) is 5. The van der Waals surface area contributed by atoms with Crippen LogP contribution in [0, 0.1) is 25.7 Å². The zero-order valence-corrected chi connectivity index (χ0v) is 22.5. The summed E-state index contributed by atoms with van der Waals surface area (Å²) < 4.78 is 60.1. The first kappa shape index (κ1) is 26.3. The quantitative estimate of drug-likeness (QED) is 0.548. The maximum absolute atomic E-state index is 14.6. The molecule has 2 aliphatic rings. The number of ether oxygens (including phenoxy) is 2. The molecule has 35 heavy (non-hydrogen) atoms. The van der Waals surface area contributed by atoms with Crippen molar-refractivity contribution in [2.45, 2.75) is 67.4 Å². The summed E-state index contributed by atoms with van der Waals surface area (Å²) in [5, 5.41) is 0. The van der Waals surface area contributed by atoms with E-state index in [4.69, 9.17) is 9.47 Å². The Morgan fingerprint density at radius 3 is 2.06 bits per heavy atom. The van der Waals surface area contributed by atoms with Crippen LogP contribution >= 0.6 is 0 Å². The van der Waals surface area contributed by atoms with Crippen LogP contribution < -0.4 is 4.72 Å². The van der Waals surface area contributed by atoms with Gasteiger partial charge in [0.1, 0.15) is 0 Å². The third-order valence-electron chi connectivity index (χ3n) is 7.19. The van der Waals surface area contributed by atoms with Crippen molar-refractivity contribution < 1.29 is 22.1 Å². The smallest absolute Gasteiger partial charge is 0.291 e. The SMILES string of the molecule is COC[C@@H]1C[C@@H]2C[C@H](OC)C[C@](NS(=O)(=NS(=O)(=O)c3ccc(C)cc3)c3ccc(C)cc3)(C1)C2. The molecule has 2 fully saturated rings. The summed E-state index contributed by atoms with van der Waals surface area (Å²) in [6, 6.07) is 13.5. The Kier molecular flexibility index (Phi) is 7.74. The van der Waals surface area contributed by atoms with Crippen molar-refractivity contribution in [2.75, 3.05) is 20.8 Å². The average molecular weight is 521 g/mol. The van der Waals surface area contributed by atoms with Gasteiger partial charge in [0.25, 0.3) is 10.0 Å². The van der Waals surface area contributed by atoms with Crippen molar-refractivity contribution in [3.05, 3.63) is 59.7 Å². The Labute approximate surface area is 210 Å². The molecule has 4 rings (SSSR count). The van der Waals surface area contributed by atoms with E-state index in [1.165, 1.54) is 12.1 Å². The van der Waals surface area contributed by atoms with Gasteiger partial charge in [0.15, 0.2) is 9.92 Å². The van der Waals surface area contributed by atoms with Crippen molar-refractivity contribution in [2.24, 2.45) is 15.6 Å². The van der Waals surface area contributed by atoms with Crippen LogP contribution in [0.1, 0.15) is 43.2 Å². The van der Waals surface area contributed by atoms with Gasteiger partial charge in [0, 0.05) is 26.4 Å². The lowest BCUT2D eigenvalue weighted by atomic mass is 9.63. The molecule has 1 N–H and O–H groups in total. The molecule has 0 radical (unpaired) electrons. The largest absolute Gasteiger partial charge is 0.384 e. The minimum Gasteiger partial charge on any atom is -0.384 e. The second-order valence-corrected chi connectivity index (χ2v) is 14.0. The highest BCUT2D eigenvalue weighted by Gasteiger charge is 2.48. The van der Waals surface area contributed by atoms with Crippen molar-refractivity contribution in [1.82, 2.24) is 4.72 Å². The molecule has 0 aliphatic heterocycles. The van der Waals surface area contributed by atoms with E-state index < -0.39 is 25.5 Å². The first-order valence-corrected chi connectivity index (χ1v) is 15.0. The van der Waals surface area contributed by atoms with E-state index in [1.54, 1.807) is 38.5 Å². The molecule has 0 amide bonds. The van der Waals surface area contributed by atoms with E-state index in [1.807, 2.05) is 26.0 Å². The minimum atomic E-state index is -4.19. The van der Waals surface area contributed by atoms with Gasteiger partial charge in [0.05, 0.1) is 15.9 Å². The summed E-state index contributed by atoms with van der Waals surface area (Å²) in [4.78, 5) is 0.387. The van der Waals surface area contributed by atoms with Crippen LogP contribution in [-0.4, -0.2) is 45.1 Å². The topological polar surface area (TPSA) is 94.1 Å². The van der Waals surface area contributed by atoms with Crippen molar-refractivity contribution in [1.29, 1.82) is 0 Å². The summed E-state index contributed by atoms with van der Waals surface area (Å²) in [5.41, 5.74) is 1.36. The zero-order valence-electron chi connectivity index (χ0n) is 20.9. The molecule has 9 heteroatoms. The van der Waals surface area contributed by atoms with Crippen molar-refractivity contribution in [3.8, 4) is 0 Å². The van der Waals surface area contributed by atoms with Crippen molar-refractivity contribution >= 4 is 19.9 Å². The van der Waals surface area contributed by atoms with Gasteiger partial charge in [-0.25, -0.2) is 8.93 Å². The molecule has 1 unspecified atom stereocenters. The van der Waals surface area contributed by atoms with Crippen LogP contribution in [0.3, 0.4) is 0 Å². The van der Waals surface area contributed by atoms with Crippen LogP contribution in [0.5, 0.6) is 0 Å².